The van der Waals surface area contributed by atoms with Gasteiger partial charge >= 0.3 is 11.9 Å². The van der Waals surface area contributed by atoms with Crippen LogP contribution in [-0.2, 0) is 0 Å². The van der Waals surface area contributed by atoms with Crippen LogP contribution in [0.4, 0.5) is 5.69 Å². The smallest absolute Gasteiger partial charge is 0.336 e. The van der Waals surface area contributed by atoms with Crippen molar-refractivity contribution in [2.45, 2.75) is 20.8 Å². The van der Waals surface area contributed by atoms with Gasteiger partial charge < -0.3 is 19.9 Å². The zero-order valence-electron chi connectivity index (χ0n) is 17.8. The van der Waals surface area contributed by atoms with Gasteiger partial charge in [0.05, 0.1) is 11.1 Å². The van der Waals surface area contributed by atoms with Gasteiger partial charge in [-0.3, -0.25) is 4.79 Å². The molecule has 1 aliphatic carbocycles. The highest BCUT2D eigenvalue weighted by Crippen LogP contribution is 2.44. The van der Waals surface area contributed by atoms with Crippen molar-refractivity contribution < 1.29 is 24.2 Å². The minimum atomic E-state index is -1.25. The van der Waals surface area contributed by atoms with E-state index in [-0.39, 0.29) is 27.9 Å². The zero-order valence-corrected chi connectivity index (χ0v) is 17.8. The van der Waals surface area contributed by atoms with Crippen molar-refractivity contribution in [3.63, 3.8) is 0 Å². The maximum atomic E-state index is 12.3. The summed E-state index contributed by atoms with van der Waals surface area (Å²) in [5.74, 6) is -2.24. The first-order valence-electron chi connectivity index (χ1n) is 10.1. The molecule has 2 aliphatic rings. The molecule has 2 aromatic rings. The summed E-state index contributed by atoms with van der Waals surface area (Å²) in [6.07, 6.45) is 0. The monoisotopic (exact) mass is 431 g/mol. The van der Waals surface area contributed by atoms with E-state index in [1.54, 1.807) is 19.1 Å². The molecule has 0 atom stereocenters. The summed E-state index contributed by atoms with van der Waals surface area (Å²) in [6, 6.07) is 10.8. The van der Waals surface area contributed by atoms with E-state index >= 15 is 0 Å². The van der Waals surface area contributed by atoms with Crippen molar-refractivity contribution in [2.24, 2.45) is 0 Å². The highest BCUT2D eigenvalue weighted by molar-refractivity contribution is 6.13. The van der Waals surface area contributed by atoms with E-state index < -0.39 is 11.9 Å². The highest BCUT2D eigenvalue weighted by Gasteiger charge is 2.27. The molecule has 0 fully saturated rings. The molecule has 0 amide bonds. The molecule has 0 unspecified atom stereocenters. The number of nitrogens with one attached hydrogen (secondary N) is 1. The number of aryl methyl sites for hydroxylation is 2. The maximum Gasteiger partial charge on any atom is 0.336 e. The molecule has 4 rings (SSSR count). The lowest BCUT2D eigenvalue weighted by atomic mass is 9.86. The average Bonchev–Trinajstić information content (AvgIpc) is 2.74. The first-order valence-corrected chi connectivity index (χ1v) is 10.1. The van der Waals surface area contributed by atoms with E-state index in [1.165, 1.54) is 24.3 Å². The number of rotatable bonds is 5. The summed E-state index contributed by atoms with van der Waals surface area (Å²) in [5, 5.41) is 23.5. The van der Waals surface area contributed by atoms with Gasteiger partial charge in [0, 0.05) is 46.4 Å². The van der Waals surface area contributed by atoms with Crippen LogP contribution in [0.2, 0.25) is 0 Å². The summed E-state index contributed by atoms with van der Waals surface area (Å²) in [7, 11) is 0. The third-order valence-electron chi connectivity index (χ3n) is 5.50. The van der Waals surface area contributed by atoms with Gasteiger partial charge in [-0.25, -0.2) is 9.59 Å². The largest absolute Gasteiger partial charge is 0.478 e. The fourth-order valence-corrected chi connectivity index (χ4v) is 4.01. The fraction of sp³-hybridized carbons (Fsp3) is 0.160. The summed E-state index contributed by atoms with van der Waals surface area (Å²) in [5.41, 5.74) is 3.01. The van der Waals surface area contributed by atoms with Crippen molar-refractivity contribution in [1.82, 2.24) is 0 Å². The summed E-state index contributed by atoms with van der Waals surface area (Å²) >= 11 is 0. The Morgan fingerprint density at radius 1 is 0.938 bits per heavy atom. The van der Waals surface area contributed by atoms with E-state index in [0.29, 0.717) is 34.2 Å². The molecule has 1 aliphatic heterocycles. The van der Waals surface area contributed by atoms with Crippen LogP contribution in [0.25, 0.3) is 33.4 Å². The SMILES string of the molecule is CCNc1cc2oc3cc(=O)c(C)cc-3c(-c3c(C(=O)O)cccc3C(=O)O)c2cc1C. The second kappa shape index (κ2) is 7.85. The van der Waals surface area contributed by atoms with Gasteiger partial charge in [0.2, 0.25) is 0 Å². The van der Waals surface area contributed by atoms with Gasteiger partial charge in [0.25, 0.3) is 0 Å². The Kier molecular flexibility index (Phi) is 5.18. The molecule has 1 heterocycles. The van der Waals surface area contributed by atoms with E-state index in [2.05, 4.69) is 5.32 Å². The third kappa shape index (κ3) is 3.37. The van der Waals surface area contributed by atoms with Crippen LogP contribution in [-0.4, -0.2) is 28.7 Å². The van der Waals surface area contributed by atoms with E-state index in [4.69, 9.17) is 4.42 Å². The Labute approximate surface area is 183 Å². The van der Waals surface area contributed by atoms with Gasteiger partial charge in [-0.1, -0.05) is 6.07 Å². The van der Waals surface area contributed by atoms with Crippen LogP contribution in [0.1, 0.15) is 38.8 Å². The molecular formula is C25H21NO6. The minimum Gasteiger partial charge on any atom is -0.478 e. The Morgan fingerprint density at radius 3 is 2.19 bits per heavy atom. The van der Waals surface area contributed by atoms with Crippen LogP contribution in [0.15, 0.2) is 51.7 Å². The Morgan fingerprint density at radius 2 is 1.59 bits per heavy atom. The number of carboxylic acid groups (broad SMARTS) is 2. The van der Waals surface area contributed by atoms with Crippen LogP contribution in [0.5, 0.6) is 0 Å². The fourth-order valence-electron chi connectivity index (χ4n) is 4.01. The van der Waals surface area contributed by atoms with Crippen LogP contribution in [0, 0.1) is 13.8 Å². The number of anilines is 1. The van der Waals surface area contributed by atoms with Crippen LogP contribution < -0.4 is 10.7 Å². The molecule has 0 saturated carbocycles. The molecule has 7 nitrogen and oxygen atoms in total. The number of aromatic carboxylic acids is 2. The quantitative estimate of drug-likeness (QED) is 0.380. The molecule has 0 radical (unpaired) electrons. The van der Waals surface area contributed by atoms with E-state index in [9.17, 15) is 24.6 Å². The van der Waals surface area contributed by atoms with Gasteiger partial charge in [-0.05, 0) is 56.2 Å². The van der Waals surface area contributed by atoms with Crippen LogP contribution in [0.3, 0.4) is 0 Å². The molecule has 0 bridgehead atoms. The molecule has 7 heteroatoms. The van der Waals surface area contributed by atoms with Crippen molar-refractivity contribution in [3.05, 3.63) is 74.9 Å². The molecular weight excluding hydrogens is 410 g/mol. The van der Waals surface area contributed by atoms with Gasteiger partial charge in [0.15, 0.2) is 5.43 Å². The number of fused-ring (bicyclic) bond motifs is 2. The lowest BCUT2D eigenvalue weighted by Gasteiger charge is -2.20. The zero-order chi connectivity index (χ0) is 23.2. The first-order chi connectivity index (χ1) is 15.2. The van der Waals surface area contributed by atoms with Gasteiger partial charge in [-0.15, -0.1) is 0 Å². The first kappa shape index (κ1) is 21.1. The predicted octanol–water partition coefficient (Wildman–Crippen LogP) is 5.01. The van der Waals surface area contributed by atoms with Crippen molar-refractivity contribution in [2.75, 3.05) is 11.9 Å². The Bertz CT molecular complexity index is 1400. The molecule has 0 aromatic heterocycles. The predicted molar refractivity (Wildman–Crippen MR) is 122 cm³/mol. The molecule has 162 valence electrons. The molecule has 32 heavy (non-hydrogen) atoms. The van der Waals surface area contributed by atoms with Crippen molar-refractivity contribution >= 4 is 28.6 Å². The Hall–Kier alpha value is -4.13. The third-order valence-corrected chi connectivity index (χ3v) is 5.50. The number of carboxylic acids is 2. The summed E-state index contributed by atoms with van der Waals surface area (Å²) < 4.78 is 6.05. The Balaban J connectivity index is 2.28. The van der Waals surface area contributed by atoms with Crippen molar-refractivity contribution in [3.8, 4) is 22.5 Å². The standard InChI is InChI=1S/C25H21NO6/c1-4-26-18-10-20-16(8-12(18)2)23(17-9-13(3)19(27)11-21(17)32-20)22-14(24(28)29)6-5-7-15(22)25(30)31/h5-11,26H,4H2,1-3H3,(H,28,29)(H,30,31). The summed E-state index contributed by atoms with van der Waals surface area (Å²) in [6.45, 7) is 6.19. The number of hydrogen-bond donors (Lipinski definition) is 3. The topological polar surface area (TPSA) is 117 Å². The second-order valence-electron chi connectivity index (χ2n) is 7.62. The van der Waals surface area contributed by atoms with Gasteiger partial charge in [0.1, 0.15) is 11.3 Å². The molecule has 0 spiro atoms. The van der Waals surface area contributed by atoms with E-state index in [0.717, 1.165) is 11.3 Å². The van der Waals surface area contributed by atoms with E-state index in [1.807, 2.05) is 19.9 Å². The molecule has 2 aromatic carbocycles. The molecule has 0 saturated heterocycles. The lowest BCUT2D eigenvalue weighted by molar-refractivity contribution is 0.0696. The number of benzene rings is 3. The normalized spacial score (nSPS) is 11.1. The lowest BCUT2D eigenvalue weighted by Crippen LogP contribution is -2.10. The highest BCUT2D eigenvalue weighted by atomic mass is 16.4. The summed E-state index contributed by atoms with van der Waals surface area (Å²) in [4.78, 5) is 36.5. The second-order valence-corrected chi connectivity index (χ2v) is 7.62. The van der Waals surface area contributed by atoms with Crippen LogP contribution >= 0.6 is 0 Å². The molecule has 3 N–H and O–H groups in total. The van der Waals surface area contributed by atoms with Gasteiger partial charge in [-0.2, -0.15) is 0 Å². The minimum absolute atomic E-state index is 0.0759. The number of hydrogen-bond acceptors (Lipinski definition) is 5. The average molecular weight is 431 g/mol. The van der Waals surface area contributed by atoms with Crippen molar-refractivity contribution in [1.29, 1.82) is 0 Å². The maximum absolute atomic E-state index is 12.3. The number of carbonyl (C=O) groups is 2.